The van der Waals surface area contributed by atoms with Crippen LogP contribution in [0, 0.1) is 40.4 Å². The lowest BCUT2D eigenvalue weighted by atomic mass is 9.32. The number of aliphatic hydroxyl groups excluding tert-OH is 2. The molecule has 2 atom stereocenters. The summed E-state index contributed by atoms with van der Waals surface area (Å²) in [5.74, 6) is 4.99. The molecule has 0 aromatic heterocycles. The van der Waals surface area contributed by atoms with Crippen molar-refractivity contribution >= 4 is 0 Å². The second kappa shape index (κ2) is 6.13. The molecule has 0 saturated heterocycles. The molecule has 8 saturated carbocycles. The van der Waals surface area contributed by atoms with Crippen LogP contribution in [0.25, 0.3) is 0 Å². The molecule has 162 valence electrons. The second-order valence-electron chi connectivity index (χ2n) is 13.0. The molecule has 1 aromatic carbocycles. The van der Waals surface area contributed by atoms with E-state index in [0.29, 0.717) is 16.2 Å². The number of aliphatic hydroxyl groups is 2. The van der Waals surface area contributed by atoms with E-state index < -0.39 is 0 Å². The van der Waals surface area contributed by atoms with Crippen molar-refractivity contribution in [2.75, 3.05) is 0 Å². The third-order valence-corrected chi connectivity index (χ3v) is 11.4. The predicted molar refractivity (Wildman–Crippen MR) is 118 cm³/mol. The van der Waals surface area contributed by atoms with Gasteiger partial charge in [-0.3, -0.25) is 0 Å². The van der Waals surface area contributed by atoms with Crippen LogP contribution >= 0.6 is 0 Å². The predicted octanol–water partition coefficient (Wildman–Crippen LogP) is 5.73. The Morgan fingerprint density at radius 1 is 0.633 bits per heavy atom. The second-order valence-corrected chi connectivity index (χ2v) is 13.0. The van der Waals surface area contributed by atoms with Gasteiger partial charge < -0.3 is 10.2 Å². The normalized spacial score (nSPS) is 50.4. The molecule has 8 fully saturated rings. The maximum Gasteiger partial charge on any atom is 0.0685 e. The lowest BCUT2D eigenvalue weighted by Crippen LogP contribution is -2.63. The average Bonchev–Trinajstić information content (AvgIpc) is 2.71. The fraction of sp³-hybridized carbons (Fsp3) is 0.786. The van der Waals surface area contributed by atoms with E-state index >= 15 is 0 Å². The van der Waals surface area contributed by atoms with Gasteiger partial charge in [-0.15, -0.1) is 0 Å². The molecule has 2 heteroatoms. The lowest BCUT2D eigenvalue weighted by molar-refractivity contribution is -0.205. The number of hydrogen-bond donors (Lipinski definition) is 2. The zero-order valence-electron chi connectivity index (χ0n) is 18.4. The van der Waals surface area contributed by atoms with E-state index in [1.54, 1.807) is 38.5 Å². The Morgan fingerprint density at radius 3 is 1.73 bits per heavy atom. The highest BCUT2D eigenvalue weighted by molar-refractivity contribution is 5.38. The molecule has 2 unspecified atom stereocenters. The van der Waals surface area contributed by atoms with Gasteiger partial charge >= 0.3 is 0 Å². The maximum absolute atomic E-state index is 9.95. The Hall–Kier alpha value is -0.860. The molecule has 8 bridgehead atoms. The van der Waals surface area contributed by atoms with Crippen LogP contribution in [0.5, 0.6) is 0 Å². The molecule has 0 heterocycles. The van der Waals surface area contributed by atoms with Crippen molar-refractivity contribution in [3.63, 3.8) is 0 Å². The van der Waals surface area contributed by atoms with Crippen LogP contribution in [0.4, 0.5) is 0 Å². The van der Waals surface area contributed by atoms with Crippen LogP contribution in [0.3, 0.4) is 0 Å². The van der Waals surface area contributed by atoms with Crippen molar-refractivity contribution in [3.05, 3.63) is 34.9 Å². The zero-order valence-corrected chi connectivity index (χ0v) is 18.4. The Balaban J connectivity index is 1.31. The van der Waals surface area contributed by atoms with Gasteiger partial charge in [0.2, 0.25) is 0 Å². The molecule has 2 nitrogen and oxygen atoms in total. The standard InChI is InChI=1S/C28H38O2/c29-15-23-1-2-25(7-24(23)16-30)26-8-21-6-22(9-26)14-28(13-21,17-26)27-10-18-3-19(11-27)5-20(4-18)12-27/h1-2,7,18-22,29-30H,3-6,8-17H2. The van der Waals surface area contributed by atoms with E-state index in [4.69, 9.17) is 0 Å². The van der Waals surface area contributed by atoms with Gasteiger partial charge in [-0.05, 0) is 140 Å². The molecular formula is C28H38O2. The van der Waals surface area contributed by atoms with Crippen molar-refractivity contribution in [2.24, 2.45) is 40.4 Å². The molecular weight excluding hydrogens is 368 g/mol. The van der Waals surface area contributed by atoms with Crippen LogP contribution < -0.4 is 0 Å². The van der Waals surface area contributed by atoms with E-state index in [2.05, 4.69) is 18.2 Å². The summed E-state index contributed by atoms with van der Waals surface area (Å²) in [6.07, 6.45) is 18.0. The topological polar surface area (TPSA) is 40.5 Å². The van der Waals surface area contributed by atoms with E-state index in [1.807, 2.05) is 0 Å². The highest BCUT2D eigenvalue weighted by Crippen LogP contribution is 2.77. The highest BCUT2D eigenvalue weighted by atomic mass is 16.3. The van der Waals surface area contributed by atoms with Gasteiger partial charge in [0.15, 0.2) is 0 Å². The van der Waals surface area contributed by atoms with Crippen LogP contribution in [0.1, 0.15) is 93.7 Å². The SMILES string of the molecule is OCc1ccc(C23CC4CC(C2)CC(C25CC6CC(CC(C6)C2)C5)(C4)C3)cc1CO. The average molecular weight is 407 g/mol. The summed E-state index contributed by atoms with van der Waals surface area (Å²) in [5, 5.41) is 19.6. The van der Waals surface area contributed by atoms with Crippen molar-refractivity contribution in [2.45, 2.75) is 95.7 Å². The molecule has 8 aliphatic rings. The molecule has 1 aromatic rings. The maximum atomic E-state index is 9.95. The number of benzene rings is 1. The van der Waals surface area contributed by atoms with E-state index in [0.717, 1.165) is 40.7 Å². The first kappa shape index (κ1) is 18.7. The van der Waals surface area contributed by atoms with Crippen molar-refractivity contribution < 1.29 is 10.2 Å². The van der Waals surface area contributed by atoms with Gasteiger partial charge in [0.1, 0.15) is 0 Å². The quantitative estimate of drug-likeness (QED) is 0.671. The molecule has 0 spiro atoms. The largest absolute Gasteiger partial charge is 0.392 e. The number of hydrogen-bond acceptors (Lipinski definition) is 2. The fourth-order valence-corrected chi connectivity index (χ4v) is 11.2. The Labute approximate surface area is 181 Å². The smallest absolute Gasteiger partial charge is 0.0685 e. The minimum absolute atomic E-state index is 0.0334. The first-order valence-corrected chi connectivity index (χ1v) is 12.9. The third kappa shape index (κ3) is 2.39. The minimum atomic E-state index is 0.0334. The summed E-state index contributed by atoms with van der Waals surface area (Å²) in [6.45, 7) is 0.0818. The van der Waals surface area contributed by atoms with Crippen LogP contribution in [0.2, 0.25) is 0 Å². The molecule has 0 amide bonds. The Morgan fingerprint density at radius 2 is 1.17 bits per heavy atom. The summed E-state index contributed by atoms with van der Waals surface area (Å²) >= 11 is 0. The van der Waals surface area contributed by atoms with E-state index in [9.17, 15) is 10.2 Å². The van der Waals surface area contributed by atoms with Gasteiger partial charge in [0, 0.05) is 0 Å². The Kier molecular flexibility index (Phi) is 3.82. The van der Waals surface area contributed by atoms with Gasteiger partial charge in [-0.1, -0.05) is 18.2 Å². The molecule has 30 heavy (non-hydrogen) atoms. The molecule has 0 aliphatic heterocycles. The van der Waals surface area contributed by atoms with Crippen LogP contribution in [0.15, 0.2) is 18.2 Å². The first-order valence-electron chi connectivity index (χ1n) is 12.9. The van der Waals surface area contributed by atoms with Crippen molar-refractivity contribution in [1.29, 1.82) is 0 Å². The van der Waals surface area contributed by atoms with Gasteiger partial charge in [0.25, 0.3) is 0 Å². The third-order valence-electron chi connectivity index (χ3n) is 11.4. The summed E-state index contributed by atoms with van der Waals surface area (Å²) in [5.41, 5.74) is 4.95. The zero-order chi connectivity index (χ0) is 20.1. The number of rotatable bonds is 4. The van der Waals surface area contributed by atoms with E-state index in [-0.39, 0.29) is 13.2 Å². The first-order chi connectivity index (χ1) is 14.5. The Bertz CT molecular complexity index is 820. The monoisotopic (exact) mass is 406 g/mol. The molecule has 0 radical (unpaired) electrons. The summed E-state index contributed by atoms with van der Waals surface area (Å²) in [6, 6.07) is 6.72. The molecule has 2 N–H and O–H groups in total. The van der Waals surface area contributed by atoms with Crippen molar-refractivity contribution in [1.82, 2.24) is 0 Å². The molecule has 9 rings (SSSR count). The van der Waals surface area contributed by atoms with Gasteiger partial charge in [-0.2, -0.15) is 0 Å². The summed E-state index contributed by atoms with van der Waals surface area (Å²) in [7, 11) is 0. The highest BCUT2D eigenvalue weighted by Gasteiger charge is 2.67. The van der Waals surface area contributed by atoms with Gasteiger partial charge in [0.05, 0.1) is 13.2 Å². The van der Waals surface area contributed by atoms with Crippen LogP contribution in [-0.4, -0.2) is 10.2 Å². The van der Waals surface area contributed by atoms with Gasteiger partial charge in [-0.25, -0.2) is 0 Å². The summed E-state index contributed by atoms with van der Waals surface area (Å²) < 4.78 is 0. The van der Waals surface area contributed by atoms with Crippen LogP contribution in [-0.2, 0) is 18.6 Å². The van der Waals surface area contributed by atoms with Crippen molar-refractivity contribution in [3.8, 4) is 0 Å². The lowest BCUT2D eigenvalue weighted by Gasteiger charge is -2.72. The molecule has 8 aliphatic carbocycles. The summed E-state index contributed by atoms with van der Waals surface area (Å²) in [4.78, 5) is 0. The van der Waals surface area contributed by atoms with E-state index in [1.165, 1.54) is 44.1 Å². The fourth-order valence-electron chi connectivity index (χ4n) is 11.2. The minimum Gasteiger partial charge on any atom is -0.392 e.